The maximum atomic E-state index is 13.8. The fraction of sp³-hybridized carbons (Fsp3) is 0.278. The minimum atomic E-state index is -0.645. The molecule has 3 heterocycles. The first kappa shape index (κ1) is 17.2. The average Bonchev–Trinajstić information content (AvgIpc) is 3.08. The number of benzene rings is 1. The van der Waals surface area contributed by atoms with Crippen LogP contribution >= 0.6 is 0 Å². The third-order valence-corrected chi connectivity index (χ3v) is 4.34. The van der Waals surface area contributed by atoms with Gasteiger partial charge in [-0.05, 0) is 31.2 Å². The number of nitrogens with one attached hydrogen (secondary N) is 2. The van der Waals surface area contributed by atoms with Crippen LogP contribution in [0.2, 0.25) is 0 Å². The van der Waals surface area contributed by atoms with Crippen molar-refractivity contribution in [2.24, 2.45) is 0 Å². The maximum Gasteiger partial charge on any atom is 0.256 e. The zero-order chi connectivity index (χ0) is 19.0. The predicted molar refractivity (Wildman–Crippen MR) is 95.3 cm³/mol. The number of ether oxygens (including phenoxy) is 1. The number of hydrogen-bond acceptors (Lipinski definition) is 6. The second kappa shape index (κ2) is 6.84. The van der Waals surface area contributed by atoms with E-state index in [0.717, 1.165) is 0 Å². The van der Waals surface area contributed by atoms with Gasteiger partial charge in [0.1, 0.15) is 29.1 Å². The number of carbonyl (C=O) groups excluding carboxylic acids is 1. The summed E-state index contributed by atoms with van der Waals surface area (Å²) in [5.74, 6) is 0.0818. The van der Waals surface area contributed by atoms with Crippen molar-refractivity contribution in [3.8, 4) is 5.75 Å². The van der Waals surface area contributed by atoms with Gasteiger partial charge in [-0.25, -0.2) is 13.9 Å². The number of nitrogens with zero attached hydrogens (tertiary/aromatic N) is 3. The highest BCUT2D eigenvalue weighted by Gasteiger charge is 2.22. The minimum Gasteiger partial charge on any atom is -0.489 e. The standard InChI is InChI=1S/C18H18FN5O3/c1-10-7-20-18(26)13-8-21-24-5-4-16(23-17(13)24)22-14(9-25)12-6-11(19)2-3-15(12)27-10/h2-6,8,10,14,25H,7,9H2,1H3,(H,20,26)(H,22,23). The van der Waals surface area contributed by atoms with E-state index in [4.69, 9.17) is 4.74 Å². The quantitative estimate of drug-likeness (QED) is 0.600. The number of aromatic nitrogens is 3. The van der Waals surface area contributed by atoms with E-state index in [0.29, 0.717) is 28.3 Å². The van der Waals surface area contributed by atoms with Gasteiger partial charge in [-0.1, -0.05) is 0 Å². The molecule has 2 atom stereocenters. The van der Waals surface area contributed by atoms with Crippen LogP contribution < -0.4 is 15.4 Å². The van der Waals surface area contributed by atoms with E-state index in [2.05, 4.69) is 20.7 Å². The SMILES string of the molecule is CC1CNC(=O)c2cnn3ccc(nc23)NC(CO)c2cc(F)ccc2O1. The first-order valence-electron chi connectivity index (χ1n) is 8.51. The van der Waals surface area contributed by atoms with Gasteiger partial charge < -0.3 is 20.5 Å². The Kier molecular flexibility index (Phi) is 4.36. The number of hydrogen-bond donors (Lipinski definition) is 3. The van der Waals surface area contributed by atoms with Crippen LogP contribution in [0.5, 0.6) is 5.75 Å². The molecule has 4 rings (SSSR count). The second-order valence-corrected chi connectivity index (χ2v) is 6.34. The van der Waals surface area contributed by atoms with Crippen molar-refractivity contribution in [2.75, 3.05) is 18.5 Å². The molecule has 1 aliphatic heterocycles. The average molecular weight is 371 g/mol. The molecule has 0 saturated heterocycles. The largest absolute Gasteiger partial charge is 0.489 e. The van der Waals surface area contributed by atoms with Gasteiger partial charge in [-0.15, -0.1) is 0 Å². The van der Waals surface area contributed by atoms with Crippen LogP contribution in [0, 0.1) is 5.82 Å². The van der Waals surface area contributed by atoms with Crippen LogP contribution in [0.25, 0.3) is 5.65 Å². The third kappa shape index (κ3) is 3.28. The summed E-state index contributed by atoms with van der Waals surface area (Å²) in [5, 5.41) is 19.9. The van der Waals surface area contributed by atoms with Gasteiger partial charge in [0.05, 0.1) is 25.4 Å². The number of rotatable bonds is 1. The second-order valence-electron chi connectivity index (χ2n) is 6.34. The minimum absolute atomic E-state index is 0.240. The van der Waals surface area contributed by atoms with Crippen LogP contribution in [0.1, 0.15) is 28.9 Å². The van der Waals surface area contributed by atoms with Gasteiger partial charge in [-0.3, -0.25) is 4.79 Å². The molecule has 0 aliphatic carbocycles. The van der Waals surface area contributed by atoms with Crippen LogP contribution in [0.15, 0.2) is 36.7 Å². The molecule has 1 aromatic carbocycles. The third-order valence-electron chi connectivity index (χ3n) is 4.34. The molecular weight excluding hydrogens is 353 g/mol. The van der Waals surface area contributed by atoms with E-state index in [1.165, 1.54) is 28.9 Å². The first-order chi connectivity index (χ1) is 13.0. The number of anilines is 1. The number of amides is 1. The summed E-state index contributed by atoms with van der Waals surface area (Å²) in [6, 6.07) is 5.13. The Morgan fingerprint density at radius 3 is 3.07 bits per heavy atom. The Balaban J connectivity index is 1.84. The Labute approximate surface area is 154 Å². The molecular formula is C18H18FN5O3. The van der Waals surface area contributed by atoms with Crippen LogP contribution in [0.4, 0.5) is 10.2 Å². The normalized spacial score (nSPS) is 19.9. The van der Waals surface area contributed by atoms with Gasteiger partial charge in [0, 0.05) is 11.8 Å². The molecule has 9 heteroatoms. The molecule has 140 valence electrons. The van der Waals surface area contributed by atoms with E-state index in [-0.39, 0.29) is 25.2 Å². The van der Waals surface area contributed by atoms with E-state index in [9.17, 15) is 14.3 Å². The number of fused-ring (bicyclic) bond motifs is 2. The Bertz CT molecular complexity index is 1010. The zero-order valence-electron chi connectivity index (χ0n) is 14.5. The molecule has 2 aromatic heterocycles. The molecule has 1 aliphatic rings. The van der Waals surface area contributed by atoms with Crippen molar-refractivity contribution in [1.82, 2.24) is 19.9 Å². The van der Waals surface area contributed by atoms with Crippen molar-refractivity contribution in [1.29, 1.82) is 0 Å². The summed E-state index contributed by atoms with van der Waals surface area (Å²) >= 11 is 0. The van der Waals surface area contributed by atoms with Crippen molar-refractivity contribution in [3.05, 3.63) is 53.6 Å². The number of carbonyl (C=O) groups is 1. The lowest BCUT2D eigenvalue weighted by molar-refractivity contribution is 0.0933. The Hall–Kier alpha value is -3.20. The Morgan fingerprint density at radius 1 is 1.41 bits per heavy atom. The molecule has 2 bridgehead atoms. The van der Waals surface area contributed by atoms with Crippen molar-refractivity contribution in [3.63, 3.8) is 0 Å². The lowest BCUT2D eigenvalue weighted by Gasteiger charge is -2.23. The fourth-order valence-electron chi connectivity index (χ4n) is 3.00. The Morgan fingerprint density at radius 2 is 2.26 bits per heavy atom. The predicted octanol–water partition coefficient (Wildman–Crippen LogP) is 1.52. The molecule has 27 heavy (non-hydrogen) atoms. The highest BCUT2D eigenvalue weighted by molar-refractivity contribution is 5.99. The number of aliphatic hydroxyl groups excluding tert-OH is 1. The summed E-state index contributed by atoms with van der Waals surface area (Å²) in [6.45, 7) is 1.73. The van der Waals surface area contributed by atoms with Gasteiger partial charge in [0.25, 0.3) is 5.91 Å². The number of aliphatic hydroxyl groups is 1. The molecule has 0 spiro atoms. The van der Waals surface area contributed by atoms with E-state index in [1.54, 1.807) is 19.2 Å². The van der Waals surface area contributed by atoms with Crippen LogP contribution in [-0.2, 0) is 0 Å². The highest BCUT2D eigenvalue weighted by Crippen LogP contribution is 2.29. The van der Waals surface area contributed by atoms with Crippen LogP contribution in [-0.4, -0.2) is 44.9 Å². The van der Waals surface area contributed by atoms with Crippen molar-refractivity contribution < 1.29 is 19.0 Å². The summed E-state index contributed by atoms with van der Waals surface area (Å²) in [5.41, 5.74) is 1.17. The van der Waals surface area contributed by atoms with Gasteiger partial charge in [0.2, 0.25) is 0 Å². The molecule has 3 aromatic rings. The monoisotopic (exact) mass is 371 g/mol. The molecule has 2 unspecified atom stereocenters. The summed E-state index contributed by atoms with van der Waals surface area (Å²) in [4.78, 5) is 16.9. The summed E-state index contributed by atoms with van der Waals surface area (Å²) < 4.78 is 21.2. The van der Waals surface area contributed by atoms with Gasteiger partial charge in [0.15, 0.2) is 5.65 Å². The van der Waals surface area contributed by atoms with Gasteiger partial charge >= 0.3 is 0 Å². The van der Waals surface area contributed by atoms with Crippen molar-refractivity contribution in [2.45, 2.75) is 19.1 Å². The summed E-state index contributed by atoms with van der Waals surface area (Å²) in [7, 11) is 0. The van der Waals surface area contributed by atoms with E-state index < -0.39 is 11.9 Å². The fourth-order valence-corrected chi connectivity index (χ4v) is 3.00. The lowest BCUT2D eigenvalue weighted by atomic mass is 10.1. The molecule has 0 radical (unpaired) electrons. The lowest BCUT2D eigenvalue weighted by Crippen LogP contribution is -2.33. The molecule has 0 fully saturated rings. The molecule has 3 N–H and O–H groups in total. The van der Waals surface area contributed by atoms with Crippen LogP contribution in [0.3, 0.4) is 0 Å². The van der Waals surface area contributed by atoms with Crippen molar-refractivity contribution >= 4 is 17.4 Å². The molecule has 1 amide bonds. The topological polar surface area (TPSA) is 101 Å². The number of halogens is 1. The van der Waals surface area contributed by atoms with E-state index in [1.807, 2.05) is 0 Å². The smallest absolute Gasteiger partial charge is 0.256 e. The maximum absolute atomic E-state index is 13.8. The summed E-state index contributed by atoms with van der Waals surface area (Å²) in [6.07, 6.45) is 2.72. The highest BCUT2D eigenvalue weighted by atomic mass is 19.1. The zero-order valence-corrected chi connectivity index (χ0v) is 14.5. The molecule has 8 nitrogen and oxygen atoms in total. The first-order valence-corrected chi connectivity index (χ1v) is 8.51. The van der Waals surface area contributed by atoms with E-state index >= 15 is 0 Å². The van der Waals surface area contributed by atoms with Gasteiger partial charge in [-0.2, -0.15) is 5.10 Å². The molecule has 0 saturated carbocycles.